The Bertz CT molecular complexity index is 385. The lowest BCUT2D eigenvalue weighted by Gasteiger charge is -2.03. The normalized spacial score (nSPS) is 10.7. The van der Waals surface area contributed by atoms with Gasteiger partial charge in [-0.1, -0.05) is 45.4 Å². The first kappa shape index (κ1) is 15.7. The fourth-order valence-electron chi connectivity index (χ4n) is 2.04. The topological polar surface area (TPSA) is 57.8 Å². The van der Waals surface area contributed by atoms with Crippen molar-refractivity contribution in [2.45, 2.75) is 72.1 Å². The van der Waals surface area contributed by atoms with Crippen molar-refractivity contribution in [3.63, 3.8) is 0 Å². The minimum absolute atomic E-state index is 0.0724. The highest BCUT2D eigenvalue weighted by atomic mass is 16.1. The maximum Gasteiger partial charge on any atom is 0.225 e. The molecule has 0 fully saturated rings. The number of carbonyl (C=O) groups is 1. The SMILES string of the molecule is CCCCCCCCCC(=O)Nc1n[nH]c(C)c1C. The van der Waals surface area contributed by atoms with Gasteiger partial charge in [0, 0.05) is 17.7 Å². The molecule has 0 unspecified atom stereocenters. The molecule has 0 spiro atoms. The Labute approximate surface area is 116 Å². The number of nitrogens with one attached hydrogen (secondary N) is 2. The monoisotopic (exact) mass is 265 g/mol. The molecule has 4 nitrogen and oxygen atoms in total. The van der Waals surface area contributed by atoms with Crippen molar-refractivity contribution >= 4 is 11.7 Å². The first-order valence-corrected chi connectivity index (χ1v) is 7.46. The van der Waals surface area contributed by atoms with Crippen LogP contribution in [-0.4, -0.2) is 16.1 Å². The van der Waals surface area contributed by atoms with Gasteiger partial charge in [-0.3, -0.25) is 9.89 Å². The third-order valence-corrected chi connectivity index (χ3v) is 3.52. The molecular formula is C15H27N3O. The van der Waals surface area contributed by atoms with Crippen molar-refractivity contribution in [2.75, 3.05) is 5.32 Å². The smallest absolute Gasteiger partial charge is 0.225 e. The second-order valence-electron chi connectivity index (χ2n) is 5.24. The van der Waals surface area contributed by atoms with Crippen molar-refractivity contribution < 1.29 is 4.79 Å². The Morgan fingerprint density at radius 1 is 1.11 bits per heavy atom. The minimum atomic E-state index is 0.0724. The van der Waals surface area contributed by atoms with Crippen LogP contribution in [-0.2, 0) is 4.79 Å². The number of H-pyrrole nitrogens is 1. The van der Waals surface area contributed by atoms with E-state index in [-0.39, 0.29) is 5.91 Å². The van der Waals surface area contributed by atoms with Gasteiger partial charge >= 0.3 is 0 Å². The van der Waals surface area contributed by atoms with Crippen LogP contribution in [0.25, 0.3) is 0 Å². The van der Waals surface area contributed by atoms with Crippen molar-refractivity contribution in [2.24, 2.45) is 0 Å². The van der Waals surface area contributed by atoms with Crippen LogP contribution >= 0.6 is 0 Å². The van der Waals surface area contributed by atoms with Gasteiger partial charge in [-0.15, -0.1) is 0 Å². The molecule has 1 amide bonds. The summed E-state index contributed by atoms with van der Waals surface area (Å²) in [6.45, 7) is 6.14. The molecule has 19 heavy (non-hydrogen) atoms. The Morgan fingerprint density at radius 2 is 1.74 bits per heavy atom. The van der Waals surface area contributed by atoms with Gasteiger partial charge in [0.1, 0.15) is 0 Å². The quantitative estimate of drug-likeness (QED) is 0.660. The lowest BCUT2D eigenvalue weighted by Crippen LogP contribution is -2.12. The van der Waals surface area contributed by atoms with Crippen LogP contribution in [0.3, 0.4) is 0 Å². The van der Waals surface area contributed by atoms with Crippen molar-refractivity contribution in [1.29, 1.82) is 0 Å². The summed E-state index contributed by atoms with van der Waals surface area (Å²) in [5.74, 6) is 0.744. The molecule has 0 saturated heterocycles. The van der Waals surface area contributed by atoms with E-state index >= 15 is 0 Å². The largest absolute Gasteiger partial charge is 0.309 e. The number of aryl methyl sites for hydroxylation is 1. The molecule has 108 valence electrons. The van der Waals surface area contributed by atoms with Crippen molar-refractivity contribution in [1.82, 2.24) is 10.2 Å². The average molecular weight is 265 g/mol. The Hall–Kier alpha value is -1.32. The van der Waals surface area contributed by atoms with E-state index in [0.29, 0.717) is 12.2 Å². The molecule has 0 aliphatic rings. The van der Waals surface area contributed by atoms with Gasteiger partial charge in [0.15, 0.2) is 5.82 Å². The highest BCUT2D eigenvalue weighted by molar-refractivity contribution is 5.90. The van der Waals surface area contributed by atoms with Crippen molar-refractivity contribution in [3.8, 4) is 0 Å². The third-order valence-electron chi connectivity index (χ3n) is 3.52. The number of aromatic nitrogens is 2. The molecule has 0 aliphatic heterocycles. The predicted molar refractivity (Wildman–Crippen MR) is 79.3 cm³/mol. The summed E-state index contributed by atoms with van der Waals surface area (Å²) in [6.07, 6.45) is 9.20. The molecule has 0 aromatic carbocycles. The highest BCUT2D eigenvalue weighted by Crippen LogP contribution is 2.14. The molecule has 0 radical (unpaired) electrons. The van der Waals surface area contributed by atoms with E-state index in [0.717, 1.165) is 24.1 Å². The summed E-state index contributed by atoms with van der Waals surface area (Å²) >= 11 is 0. The van der Waals surface area contributed by atoms with Crippen LogP contribution in [0, 0.1) is 13.8 Å². The van der Waals surface area contributed by atoms with E-state index in [2.05, 4.69) is 22.4 Å². The number of hydrogen-bond acceptors (Lipinski definition) is 2. The average Bonchev–Trinajstić information content (AvgIpc) is 2.70. The number of unbranched alkanes of at least 4 members (excludes halogenated alkanes) is 6. The summed E-state index contributed by atoms with van der Waals surface area (Å²) in [5.41, 5.74) is 2.03. The van der Waals surface area contributed by atoms with E-state index in [4.69, 9.17) is 0 Å². The molecule has 2 N–H and O–H groups in total. The zero-order valence-corrected chi connectivity index (χ0v) is 12.5. The molecule has 0 bridgehead atoms. The fraction of sp³-hybridized carbons (Fsp3) is 0.733. The summed E-state index contributed by atoms with van der Waals surface area (Å²) in [4.78, 5) is 11.7. The summed E-state index contributed by atoms with van der Waals surface area (Å²) in [7, 11) is 0. The van der Waals surface area contributed by atoms with Crippen LogP contribution in [0.15, 0.2) is 0 Å². The van der Waals surface area contributed by atoms with Crippen LogP contribution in [0.2, 0.25) is 0 Å². The summed E-state index contributed by atoms with van der Waals surface area (Å²) in [5, 5.41) is 9.81. The maximum atomic E-state index is 11.7. The van der Waals surface area contributed by atoms with Gasteiger partial charge in [-0.25, -0.2) is 0 Å². The van der Waals surface area contributed by atoms with Crippen LogP contribution in [0.4, 0.5) is 5.82 Å². The molecule has 0 saturated carbocycles. The van der Waals surface area contributed by atoms with Crippen molar-refractivity contribution in [3.05, 3.63) is 11.3 Å². The second-order valence-corrected chi connectivity index (χ2v) is 5.24. The van der Waals surface area contributed by atoms with Gasteiger partial charge in [-0.2, -0.15) is 5.10 Å². The van der Waals surface area contributed by atoms with Crippen LogP contribution < -0.4 is 5.32 Å². The highest BCUT2D eigenvalue weighted by Gasteiger charge is 2.08. The number of carbonyl (C=O) groups excluding carboxylic acids is 1. The maximum absolute atomic E-state index is 11.7. The minimum Gasteiger partial charge on any atom is -0.309 e. The standard InChI is InChI=1S/C15H27N3O/c1-4-5-6-7-8-9-10-11-14(19)16-15-12(2)13(3)17-18-15/h4-11H2,1-3H3,(H2,16,17,18,19). The fourth-order valence-corrected chi connectivity index (χ4v) is 2.04. The number of amides is 1. The second kappa shape index (κ2) is 8.73. The first-order valence-electron chi connectivity index (χ1n) is 7.46. The number of nitrogens with zero attached hydrogens (tertiary/aromatic N) is 1. The Kier molecular flexibility index (Phi) is 7.23. The number of rotatable bonds is 9. The Balaban J connectivity index is 2.10. The molecule has 4 heteroatoms. The summed E-state index contributed by atoms with van der Waals surface area (Å²) in [6, 6.07) is 0. The van der Waals surface area contributed by atoms with E-state index < -0.39 is 0 Å². The van der Waals surface area contributed by atoms with Gasteiger partial charge in [-0.05, 0) is 20.3 Å². The number of aromatic amines is 1. The Morgan fingerprint density at radius 3 is 2.32 bits per heavy atom. The lowest BCUT2D eigenvalue weighted by molar-refractivity contribution is -0.116. The molecule has 1 aromatic heterocycles. The molecule has 0 atom stereocenters. The molecule has 1 rings (SSSR count). The predicted octanol–water partition coefficient (Wildman–Crippen LogP) is 4.11. The van der Waals surface area contributed by atoms with E-state index in [1.54, 1.807) is 0 Å². The van der Waals surface area contributed by atoms with Gasteiger partial charge in [0.05, 0.1) is 0 Å². The van der Waals surface area contributed by atoms with E-state index in [1.165, 1.54) is 32.1 Å². The third kappa shape index (κ3) is 5.90. The number of anilines is 1. The van der Waals surface area contributed by atoms with E-state index in [1.807, 2.05) is 13.8 Å². The van der Waals surface area contributed by atoms with Gasteiger partial charge in [0.25, 0.3) is 0 Å². The number of hydrogen-bond donors (Lipinski definition) is 2. The zero-order chi connectivity index (χ0) is 14.1. The van der Waals surface area contributed by atoms with Crippen LogP contribution in [0.5, 0.6) is 0 Å². The van der Waals surface area contributed by atoms with E-state index in [9.17, 15) is 4.79 Å². The molecule has 0 aliphatic carbocycles. The summed E-state index contributed by atoms with van der Waals surface area (Å²) < 4.78 is 0. The van der Waals surface area contributed by atoms with Gasteiger partial charge in [0.2, 0.25) is 5.91 Å². The zero-order valence-electron chi connectivity index (χ0n) is 12.5. The molecular weight excluding hydrogens is 238 g/mol. The van der Waals surface area contributed by atoms with Gasteiger partial charge < -0.3 is 5.32 Å². The molecule has 1 heterocycles. The first-order chi connectivity index (χ1) is 9.15. The van der Waals surface area contributed by atoms with Crippen LogP contribution in [0.1, 0.15) is 69.5 Å². The molecule has 1 aromatic rings. The lowest BCUT2D eigenvalue weighted by atomic mass is 10.1.